The van der Waals surface area contributed by atoms with Crippen molar-refractivity contribution >= 4 is 67.5 Å². The topological polar surface area (TPSA) is 329 Å². The lowest BCUT2D eigenvalue weighted by molar-refractivity contribution is -0.128. The maximum absolute atomic E-state index is 12.7. The first-order valence-electron chi connectivity index (χ1n) is 50.5. The summed E-state index contributed by atoms with van der Waals surface area (Å²) in [4.78, 5) is 92.5. The Hall–Kier alpha value is -13.1. The number of Topliss-reactive ketones (excluding diaryl/α,β-unsaturated/α-hetero) is 2. The molecule has 0 unspecified atom stereocenters. The van der Waals surface area contributed by atoms with E-state index in [4.69, 9.17) is 111 Å². The molecule has 3 aromatic carbocycles. The van der Waals surface area contributed by atoms with Crippen LogP contribution in [0.2, 0.25) is 10.6 Å². The number of aliphatic hydroxyl groups is 1. The zero-order valence-corrected chi connectivity index (χ0v) is 80.0. The number of fused-ring (bicyclic) bond motifs is 20. The minimum absolute atomic E-state index is 0. The number of halogens is 2. The van der Waals surface area contributed by atoms with Gasteiger partial charge in [-0.2, -0.15) is 24.9 Å². The van der Waals surface area contributed by atoms with Crippen LogP contribution >= 0.6 is 23.2 Å². The predicted molar refractivity (Wildman–Crippen MR) is 521 cm³/mol. The molecule has 1 fully saturated rings. The number of aliphatic hydroxyl groups excluding tert-OH is 1. The van der Waals surface area contributed by atoms with Gasteiger partial charge in [0, 0.05) is 167 Å². The zero-order valence-electron chi connectivity index (χ0n) is 86.5. The highest BCUT2D eigenvalue weighted by molar-refractivity contribution is 6.28. The molecule has 1 N–H and O–H groups in total. The van der Waals surface area contributed by atoms with E-state index in [1.165, 1.54) is 11.1 Å². The van der Waals surface area contributed by atoms with Crippen molar-refractivity contribution in [1.29, 1.82) is 0 Å². The second kappa shape index (κ2) is 35.6. The van der Waals surface area contributed by atoms with E-state index in [2.05, 4.69) is 116 Å². The number of hydrogen-bond acceptors (Lipinski definition) is 25. The lowest BCUT2D eigenvalue weighted by atomic mass is 9.56. The number of aromatic nitrogens is 15. The molecule has 700 valence electrons. The van der Waals surface area contributed by atoms with Crippen LogP contribution in [0.3, 0.4) is 0 Å². The van der Waals surface area contributed by atoms with E-state index < -0.39 is 5.41 Å². The molecule has 10 aliphatic carbocycles. The van der Waals surface area contributed by atoms with Gasteiger partial charge in [-0.15, -0.1) is 0 Å². The monoisotopic (exact) mass is 1880 g/mol. The van der Waals surface area contributed by atoms with Gasteiger partial charge in [-0.1, -0.05) is 140 Å². The number of ether oxygens (including phenoxy) is 5. The number of pyridine rings is 3. The SMILES string of the molecule is COc1nc(-c2ccnc3ccccc23)nc2c1CC[C@@H]1[C@@H](C)c3oncc3C[C@@]21C.COc1nc(Cl)nc2c1CC[C@@H]1[C@@H](C)C(=O)CC[C@@]21C.COc1nc(Cl)nc2c1CC[C@@H]1[C@@H](C)c3oncc3C[C@@]21C.[3HH].[3H][3H].[3H][3H].[3H][3H].[3H][3H].[C-]#[N+]C1=C(O)[C@H](C)[C@H]2CCc3c(OC)nc(-c4ccnc5ccccc45)nc3[C@]2(C)C1.[C-]#[N+]C1=C[C@@]2(C)c3nc(-c4ccnc5ccccc45)nc(OC)c3CC[C@@H]2[C@@H](C)C1=O. The number of methoxy groups -OCH3 is 5. The summed E-state index contributed by atoms with van der Waals surface area (Å²) >= 11 is 12.2. The molecule has 0 aliphatic heterocycles. The molecule has 15 atom stereocenters. The van der Waals surface area contributed by atoms with Gasteiger partial charge in [0.1, 0.15) is 17.3 Å². The van der Waals surface area contributed by atoms with Gasteiger partial charge in [0.25, 0.3) is 0 Å². The van der Waals surface area contributed by atoms with Gasteiger partial charge in [0.15, 0.2) is 23.3 Å². The fraction of sp³-hybridized carbons (Fsp3) is 0.425. The highest BCUT2D eigenvalue weighted by atomic mass is 35.5. The number of nitrogens with zero attached hydrogens (tertiary/aromatic N) is 17. The van der Waals surface area contributed by atoms with Gasteiger partial charge in [-0.3, -0.25) is 19.7 Å². The van der Waals surface area contributed by atoms with Gasteiger partial charge in [-0.25, -0.2) is 34.6 Å². The maximum atomic E-state index is 12.7. The second-order valence-electron chi connectivity index (χ2n) is 38.9. The molecule has 135 heavy (non-hydrogen) atoms. The summed E-state index contributed by atoms with van der Waals surface area (Å²) in [5, 5.41) is 22.2. The number of ketones is 2. The molecule has 0 amide bonds. The Balaban J connectivity index is 0.000000141. The molecular weight excluding hydrogens is 1740 g/mol. The highest BCUT2D eigenvalue weighted by Crippen LogP contribution is 2.60. The van der Waals surface area contributed by atoms with Crippen molar-refractivity contribution in [3.8, 4) is 63.6 Å². The van der Waals surface area contributed by atoms with Gasteiger partial charge < -0.3 is 42.6 Å². The lowest BCUT2D eigenvalue weighted by Gasteiger charge is -2.48. The predicted octanol–water partition coefficient (Wildman–Crippen LogP) is 22.2. The Morgan fingerprint density at radius 1 is 0.422 bits per heavy atom. The van der Waals surface area contributed by atoms with Gasteiger partial charge in [0.2, 0.25) is 51.4 Å². The van der Waals surface area contributed by atoms with Crippen molar-refractivity contribution in [2.24, 2.45) is 47.3 Å². The Kier molecular flexibility index (Phi) is 22.7. The summed E-state index contributed by atoms with van der Waals surface area (Å²) in [7, 11) is 8.21. The first kappa shape index (κ1) is 86.0. The normalized spacial score (nSPS) is 26.9. The lowest BCUT2D eigenvalue weighted by Crippen LogP contribution is -2.47. The van der Waals surface area contributed by atoms with Crippen LogP contribution in [0, 0.1) is 60.5 Å². The van der Waals surface area contributed by atoms with Crippen molar-refractivity contribution in [2.45, 2.75) is 204 Å². The minimum atomic E-state index is -0.533. The molecule has 0 bridgehead atoms. The molecule has 1 saturated carbocycles. The van der Waals surface area contributed by atoms with Crippen LogP contribution in [-0.2, 0) is 81.6 Å². The molecule has 29 heteroatoms. The van der Waals surface area contributed by atoms with E-state index in [0.29, 0.717) is 101 Å². The third kappa shape index (κ3) is 15.2. The number of allylic oxidation sites excluding steroid dienone is 4. The van der Waals surface area contributed by atoms with E-state index in [1.807, 2.05) is 123 Å². The molecule has 10 aromatic heterocycles. The number of rotatable bonds is 8. The molecule has 0 spiro atoms. The molecule has 0 radical (unpaired) electrons. The summed E-state index contributed by atoms with van der Waals surface area (Å²) < 4.78 is 79.1. The Labute approximate surface area is 807 Å². The maximum Gasteiger partial charge on any atom is 0.226 e. The molecule has 13 aromatic rings. The standard InChI is InChI=1S/2C25H24N4O2.C25H22N4O2.C16H18ClN3O2.C15H19ClN2O2.5H2/c1-14-19-9-8-18-22(25(19,2)12-15-13-27-31-21(14)15)28-23(29-24(18)30-3)17-10-11-26-20-7-5-4-6-16(17)20;2*1-14-18-10-9-17-22(25(18,2)13-20(26-3)21(14)30)28-23(29-24(17)31-4)16-11-12-27-19-8-6-5-7-15(16)19;1-8-11-5-4-10-13(19-15(17)20-14(10)21-3)16(11,2)6-9-7-18-22-12(8)9;1-8-10-5-4-9-12(15(10,2)7-6-11(8)19)17-14(16)18-13(9)20-3;;;;;/h4-7,10-11,13-14,19H,8-9,12H2,1-3H3;5-8,11-12,14,18,30H,9-10,13H2,1-2,4H3;5-8,11-14,18H,9-10H2,1-2,4H3;7-8,11H,4-6H2,1-3H3;8,10H,4-7H2,1-3H3;5*1H/t14-,19-,25-;2*14-,18-,25-;8-,11-,16-;8-,10-,15-;;;;;/m11111...../s1/i;;;;;4*1+2T;1+2. The van der Waals surface area contributed by atoms with E-state index in [1.54, 1.807) is 47.9 Å². The van der Waals surface area contributed by atoms with Crippen LogP contribution < -0.4 is 23.7 Å². The van der Waals surface area contributed by atoms with E-state index in [9.17, 15) is 14.7 Å². The third-order valence-electron chi connectivity index (χ3n) is 32.0. The van der Waals surface area contributed by atoms with E-state index in [-0.39, 0.29) is 80.5 Å². The van der Waals surface area contributed by atoms with Crippen LogP contribution in [-0.4, -0.2) is 127 Å². The Morgan fingerprint density at radius 2 is 0.778 bits per heavy atom. The first-order valence-corrected chi connectivity index (χ1v) is 47.3. The first-order chi connectivity index (χ1) is 69.1. The van der Waals surface area contributed by atoms with Crippen LogP contribution in [0.5, 0.6) is 29.4 Å². The smallest absolute Gasteiger partial charge is 0.226 e. The summed E-state index contributed by atoms with van der Waals surface area (Å²) in [6, 6.07) is 29.8. The zero-order chi connectivity index (χ0) is 103. The van der Waals surface area contributed by atoms with Gasteiger partial charge >= 0.3 is 0 Å². The van der Waals surface area contributed by atoms with E-state index in [0.717, 1.165) is 201 Å². The second-order valence-corrected chi connectivity index (χ2v) is 39.6. The summed E-state index contributed by atoms with van der Waals surface area (Å²) in [6.07, 6.45) is 23.6. The quantitative estimate of drug-likeness (QED) is 0.109. The van der Waals surface area contributed by atoms with Crippen molar-refractivity contribution in [2.75, 3.05) is 35.5 Å². The Bertz CT molecular complexity index is 7140. The third-order valence-corrected chi connectivity index (χ3v) is 32.3. The van der Waals surface area contributed by atoms with Crippen molar-refractivity contribution < 1.29 is 60.7 Å². The number of para-hydroxylation sites is 3. The van der Waals surface area contributed by atoms with Crippen LogP contribution in [0.15, 0.2) is 154 Å². The average Bonchev–Trinajstić information content (AvgIpc) is 1.20. The number of benzene rings is 3. The minimum Gasteiger partial charge on any atom is -0.523 e. The molecule has 27 nitrogen and oxygen atoms in total. The molecule has 10 heterocycles. The fourth-order valence-corrected chi connectivity index (χ4v) is 25.6. The van der Waals surface area contributed by atoms with Crippen LogP contribution in [0.1, 0.15) is 225 Å². The summed E-state index contributed by atoms with van der Waals surface area (Å²) in [6.45, 7) is 36.6. The fourth-order valence-electron chi connectivity index (χ4n) is 25.2. The van der Waals surface area contributed by atoms with Crippen LogP contribution in [0.25, 0.3) is 76.6 Å². The molecule has 10 aliphatic rings. The van der Waals surface area contributed by atoms with E-state index >= 15 is 0 Å². The van der Waals surface area contributed by atoms with Crippen molar-refractivity contribution in [3.63, 3.8) is 0 Å². The van der Waals surface area contributed by atoms with Crippen LogP contribution in [0.4, 0.5) is 0 Å². The van der Waals surface area contributed by atoms with Crippen molar-refractivity contribution in [3.05, 3.63) is 258 Å². The van der Waals surface area contributed by atoms with Gasteiger partial charge in [-0.05, 0) is 179 Å². The number of carbonyl (C=O) groups excluding carboxylic acids is 2. The number of hydrogen-bond donors (Lipinski definition) is 1. The average molecular weight is 1880 g/mol. The largest absolute Gasteiger partial charge is 0.523 e. The highest BCUT2D eigenvalue weighted by Gasteiger charge is 2.56. The van der Waals surface area contributed by atoms with Gasteiger partial charge in [0.05, 0.1) is 112 Å². The molecule has 23 rings (SSSR count). The molecule has 0 saturated heterocycles. The summed E-state index contributed by atoms with van der Waals surface area (Å²) in [5.41, 5.74) is 17.4. The summed E-state index contributed by atoms with van der Waals surface area (Å²) in [5.74, 6) is 9.44. The molecular formula is C106H117Cl2N17O10. The number of carbonyl (C=O) groups is 2. The Morgan fingerprint density at radius 3 is 1.19 bits per heavy atom. The van der Waals surface area contributed by atoms with Crippen molar-refractivity contribution in [1.82, 2.24) is 75.1 Å².